The number of hydrogen-bond acceptors (Lipinski definition) is 4. The van der Waals surface area contributed by atoms with Crippen molar-refractivity contribution in [1.82, 2.24) is 0 Å². The average molecular weight is 290 g/mol. The highest BCUT2D eigenvalue weighted by Gasteiger charge is 2.21. The fourth-order valence-electron chi connectivity index (χ4n) is 2.23. The van der Waals surface area contributed by atoms with Crippen molar-refractivity contribution in [2.24, 2.45) is 5.92 Å². The third kappa shape index (κ3) is 3.70. The van der Waals surface area contributed by atoms with Crippen molar-refractivity contribution in [1.29, 1.82) is 0 Å². The normalized spacial score (nSPS) is 12.6. The molecule has 0 saturated heterocycles. The summed E-state index contributed by atoms with van der Waals surface area (Å²) in [6.07, 6.45) is 0.667. The van der Waals surface area contributed by atoms with Crippen LogP contribution < -0.4 is 16.1 Å². The van der Waals surface area contributed by atoms with Crippen molar-refractivity contribution in [3.8, 4) is 5.75 Å². The van der Waals surface area contributed by atoms with Gasteiger partial charge in [-0.25, -0.2) is 9.59 Å². The van der Waals surface area contributed by atoms with Crippen LogP contribution in [-0.2, 0) is 4.79 Å². The summed E-state index contributed by atoms with van der Waals surface area (Å²) in [6.45, 7) is 5.89. The Bertz CT molecular complexity index is 718. The molecule has 1 atom stereocenters. The Morgan fingerprint density at radius 1 is 1.33 bits per heavy atom. The topological polar surface area (TPSA) is 84.2 Å². The maximum absolute atomic E-state index is 11.9. The summed E-state index contributed by atoms with van der Waals surface area (Å²) >= 11 is 0. The Balaban J connectivity index is 2.23. The highest BCUT2D eigenvalue weighted by molar-refractivity contribution is 5.83. The number of esters is 1. The molecule has 0 radical (unpaired) electrons. The first kappa shape index (κ1) is 15.3. The lowest BCUT2D eigenvalue weighted by atomic mass is 10.1. The van der Waals surface area contributed by atoms with Gasteiger partial charge >= 0.3 is 11.6 Å². The molecule has 3 N–H and O–H groups in total. The van der Waals surface area contributed by atoms with Gasteiger partial charge in [-0.1, -0.05) is 13.8 Å². The zero-order valence-electron chi connectivity index (χ0n) is 12.5. The molecule has 1 heterocycles. The van der Waals surface area contributed by atoms with Gasteiger partial charge in [-0.15, -0.1) is 0 Å². The van der Waals surface area contributed by atoms with Crippen molar-refractivity contribution in [3.05, 3.63) is 40.2 Å². The SMILES string of the molecule is Cc1cc(=O)oc2cc(OC(=O)C([NH3+])CC(C)C)ccc12. The molecule has 0 saturated carbocycles. The van der Waals surface area contributed by atoms with Crippen LogP contribution >= 0.6 is 0 Å². The second kappa shape index (κ2) is 6.10. The first-order valence-electron chi connectivity index (χ1n) is 6.96. The monoisotopic (exact) mass is 290 g/mol. The molecule has 0 aliphatic heterocycles. The van der Waals surface area contributed by atoms with E-state index in [1.165, 1.54) is 6.07 Å². The maximum Gasteiger partial charge on any atom is 0.370 e. The van der Waals surface area contributed by atoms with Crippen LogP contribution in [0.2, 0.25) is 0 Å². The number of aryl methyl sites for hydroxylation is 1. The van der Waals surface area contributed by atoms with E-state index in [1.54, 1.807) is 18.2 Å². The molecule has 112 valence electrons. The second-order valence-electron chi connectivity index (χ2n) is 5.65. The van der Waals surface area contributed by atoms with Crippen molar-refractivity contribution >= 4 is 16.9 Å². The van der Waals surface area contributed by atoms with Gasteiger partial charge in [-0.2, -0.15) is 0 Å². The van der Waals surface area contributed by atoms with Crippen molar-refractivity contribution < 1.29 is 19.7 Å². The Hall–Kier alpha value is -2.14. The third-order valence-electron chi connectivity index (χ3n) is 3.23. The third-order valence-corrected chi connectivity index (χ3v) is 3.23. The lowest BCUT2D eigenvalue weighted by Gasteiger charge is -2.11. The zero-order valence-corrected chi connectivity index (χ0v) is 12.5. The zero-order chi connectivity index (χ0) is 15.6. The molecule has 5 nitrogen and oxygen atoms in total. The fraction of sp³-hybridized carbons (Fsp3) is 0.375. The number of carbonyl (C=O) groups excluding carboxylic acids is 1. The van der Waals surface area contributed by atoms with Gasteiger partial charge in [0.2, 0.25) is 0 Å². The minimum atomic E-state index is -0.418. The molecule has 0 fully saturated rings. The van der Waals surface area contributed by atoms with Gasteiger partial charge in [0.05, 0.1) is 0 Å². The largest absolute Gasteiger partial charge is 0.423 e. The van der Waals surface area contributed by atoms with Crippen molar-refractivity contribution in [2.75, 3.05) is 0 Å². The molecule has 0 bridgehead atoms. The fourth-order valence-corrected chi connectivity index (χ4v) is 2.23. The highest BCUT2D eigenvalue weighted by atomic mass is 16.5. The van der Waals surface area contributed by atoms with Gasteiger partial charge < -0.3 is 14.9 Å². The lowest BCUT2D eigenvalue weighted by Crippen LogP contribution is -2.66. The minimum absolute atomic E-state index is 0.360. The van der Waals surface area contributed by atoms with Crippen LogP contribution in [0, 0.1) is 12.8 Å². The number of quaternary nitrogens is 1. The first-order chi connectivity index (χ1) is 9.86. The van der Waals surface area contributed by atoms with Gasteiger partial charge in [-0.3, -0.25) is 0 Å². The number of benzene rings is 1. The molecular weight excluding hydrogens is 270 g/mol. The highest BCUT2D eigenvalue weighted by Crippen LogP contribution is 2.22. The maximum atomic E-state index is 11.9. The van der Waals surface area contributed by atoms with Crippen molar-refractivity contribution in [3.63, 3.8) is 0 Å². The van der Waals surface area contributed by atoms with Gasteiger partial charge in [0.15, 0.2) is 6.04 Å². The van der Waals surface area contributed by atoms with Crippen LogP contribution in [0.4, 0.5) is 0 Å². The molecule has 2 rings (SSSR count). The van der Waals surface area contributed by atoms with E-state index in [4.69, 9.17) is 9.15 Å². The molecule has 0 aliphatic rings. The molecule has 0 aliphatic carbocycles. The van der Waals surface area contributed by atoms with Gasteiger partial charge in [0, 0.05) is 23.9 Å². The van der Waals surface area contributed by atoms with E-state index in [0.29, 0.717) is 23.7 Å². The first-order valence-corrected chi connectivity index (χ1v) is 6.96. The van der Waals surface area contributed by atoms with Gasteiger partial charge in [0.25, 0.3) is 0 Å². The summed E-state index contributed by atoms with van der Waals surface area (Å²) in [7, 11) is 0. The van der Waals surface area contributed by atoms with Gasteiger partial charge in [-0.05, 0) is 30.5 Å². The minimum Gasteiger partial charge on any atom is -0.423 e. The van der Waals surface area contributed by atoms with Crippen LogP contribution in [0.25, 0.3) is 11.0 Å². The standard InChI is InChI=1S/C16H19NO4/c1-9(2)6-13(17)16(19)20-11-4-5-12-10(3)7-15(18)21-14(12)8-11/h4-5,7-9,13H,6,17H2,1-3H3/p+1. The average Bonchev–Trinajstić information content (AvgIpc) is 2.37. The van der Waals surface area contributed by atoms with Crippen LogP contribution in [0.1, 0.15) is 25.8 Å². The predicted molar refractivity (Wildman–Crippen MR) is 79.0 cm³/mol. The van der Waals surface area contributed by atoms with E-state index in [0.717, 1.165) is 10.9 Å². The Kier molecular flexibility index (Phi) is 4.43. The van der Waals surface area contributed by atoms with Crippen LogP contribution in [0.15, 0.2) is 33.5 Å². The predicted octanol–water partition coefficient (Wildman–Crippen LogP) is 1.66. The summed E-state index contributed by atoms with van der Waals surface area (Å²) in [6, 6.07) is 6.04. The van der Waals surface area contributed by atoms with E-state index in [9.17, 15) is 9.59 Å². The molecule has 5 heteroatoms. The molecule has 1 aromatic heterocycles. The summed E-state index contributed by atoms with van der Waals surface area (Å²) < 4.78 is 10.4. The van der Waals surface area contributed by atoms with E-state index in [2.05, 4.69) is 5.73 Å². The summed E-state index contributed by atoms with van der Waals surface area (Å²) in [5, 5.41) is 0.822. The van der Waals surface area contributed by atoms with E-state index < -0.39 is 11.7 Å². The molecule has 21 heavy (non-hydrogen) atoms. The molecule has 1 aromatic carbocycles. The number of ether oxygens (including phenoxy) is 1. The van der Waals surface area contributed by atoms with E-state index >= 15 is 0 Å². The Morgan fingerprint density at radius 3 is 2.71 bits per heavy atom. The Morgan fingerprint density at radius 2 is 2.05 bits per heavy atom. The second-order valence-corrected chi connectivity index (χ2v) is 5.65. The smallest absolute Gasteiger partial charge is 0.370 e. The van der Waals surface area contributed by atoms with Gasteiger partial charge in [0.1, 0.15) is 11.3 Å². The lowest BCUT2D eigenvalue weighted by molar-refractivity contribution is -0.409. The van der Waals surface area contributed by atoms with E-state index in [1.807, 2.05) is 20.8 Å². The molecule has 2 aromatic rings. The van der Waals surface area contributed by atoms with Crippen LogP contribution in [-0.4, -0.2) is 12.0 Å². The summed E-state index contributed by atoms with van der Waals surface area (Å²) in [5.41, 5.74) is 4.64. The number of hydrogen-bond donors (Lipinski definition) is 1. The Labute approximate surface area is 122 Å². The summed E-state index contributed by atoms with van der Waals surface area (Å²) in [4.78, 5) is 23.3. The molecule has 1 unspecified atom stereocenters. The van der Waals surface area contributed by atoms with Crippen LogP contribution in [0.3, 0.4) is 0 Å². The number of carbonyl (C=O) groups is 1. The van der Waals surface area contributed by atoms with Crippen LogP contribution in [0.5, 0.6) is 5.75 Å². The quantitative estimate of drug-likeness (QED) is 0.527. The van der Waals surface area contributed by atoms with E-state index in [-0.39, 0.29) is 5.97 Å². The summed E-state index contributed by atoms with van der Waals surface area (Å²) in [5.74, 6) is 0.356. The molecular formula is C16H20NO4+. The molecule has 0 spiro atoms. The number of fused-ring (bicyclic) bond motifs is 1. The number of rotatable bonds is 4. The van der Waals surface area contributed by atoms with Crippen molar-refractivity contribution in [2.45, 2.75) is 33.2 Å². The molecule has 0 amide bonds.